The number of unbranched alkanes of at least 4 members (excludes halogenated alkanes) is 1. The minimum atomic E-state index is -0.543. The molecule has 16 nitrogen and oxygen atoms in total. The largest absolute Gasteiger partial charge is 0.462 e. The summed E-state index contributed by atoms with van der Waals surface area (Å²) >= 11 is 3.32. The van der Waals surface area contributed by atoms with Crippen molar-refractivity contribution in [2.45, 2.75) is 133 Å². The molecule has 67 heavy (non-hydrogen) atoms. The second-order valence-electron chi connectivity index (χ2n) is 17.9. The molecule has 5 N–H and O–H groups in total. The number of cyclic esters (lactones) is 2. The Morgan fingerprint density at radius 3 is 2.39 bits per heavy atom. The van der Waals surface area contributed by atoms with Gasteiger partial charge >= 0.3 is 18.0 Å². The number of thiazole rings is 1. The molecule has 2 fully saturated rings. The summed E-state index contributed by atoms with van der Waals surface area (Å²) in [7, 11) is 4.05. The molecule has 4 heterocycles. The maximum Gasteiger partial charge on any atom is 0.331 e. The zero-order valence-corrected chi connectivity index (χ0v) is 42.2. The first kappa shape index (κ1) is 55.3. The van der Waals surface area contributed by atoms with Gasteiger partial charge in [0.05, 0.1) is 61.5 Å². The summed E-state index contributed by atoms with van der Waals surface area (Å²) in [5.41, 5.74) is 3.88. The van der Waals surface area contributed by atoms with Gasteiger partial charge in [0, 0.05) is 67.6 Å². The fraction of sp³-hybridized carbons (Fsp3) is 0.633. The number of ether oxygens (including phenoxy) is 4. The van der Waals surface area contributed by atoms with E-state index in [0.29, 0.717) is 70.5 Å². The van der Waals surface area contributed by atoms with E-state index in [1.807, 2.05) is 77.2 Å². The van der Waals surface area contributed by atoms with E-state index in [4.69, 9.17) is 23.9 Å². The lowest BCUT2D eigenvalue weighted by atomic mass is 9.97. The van der Waals surface area contributed by atoms with Crippen LogP contribution < -0.4 is 26.6 Å². The second-order valence-corrected chi connectivity index (χ2v) is 20.3. The Hall–Kier alpha value is -4.33. The highest BCUT2D eigenvalue weighted by Gasteiger charge is 2.40. The van der Waals surface area contributed by atoms with E-state index in [9.17, 15) is 24.0 Å². The molecule has 1 aromatic rings. The van der Waals surface area contributed by atoms with Crippen LogP contribution in [0.2, 0.25) is 0 Å². The molecule has 3 aliphatic heterocycles. The first-order valence-electron chi connectivity index (χ1n) is 23.6. The predicted octanol–water partition coefficient (Wildman–Crippen LogP) is 5.63. The van der Waals surface area contributed by atoms with E-state index >= 15 is 0 Å². The number of hydrogen-bond donors (Lipinski definition) is 5. The third-order valence-electron chi connectivity index (χ3n) is 11.2. The van der Waals surface area contributed by atoms with E-state index < -0.39 is 18.2 Å². The number of esters is 2. The minimum absolute atomic E-state index is 0.00270. The highest BCUT2D eigenvalue weighted by molar-refractivity contribution is 8.00. The fourth-order valence-corrected chi connectivity index (χ4v) is 10.3. The molecule has 372 valence electrons. The number of rotatable bonds is 22. The molecule has 4 rings (SSSR count). The number of nitrogens with zero attached hydrogens (tertiary/aromatic N) is 2. The van der Waals surface area contributed by atoms with E-state index in [0.717, 1.165) is 59.6 Å². The Labute approximate surface area is 406 Å². The summed E-state index contributed by atoms with van der Waals surface area (Å²) in [4.78, 5) is 69.7. The number of nitrogens with one attached hydrogen (secondary N) is 5. The molecule has 0 saturated carbocycles. The quantitative estimate of drug-likeness (QED) is 0.0546. The molecular formula is C49H75N7O9S2. The monoisotopic (exact) mass is 970 g/mol. The van der Waals surface area contributed by atoms with Crippen LogP contribution in [0.25, 0.3) is 0 Å². The van der Waals surface area contributed by atoms with Gasteiger partial charge in [-0.15, -0.1) is 23.1 Å². The average molecular weight is 970 g/mol. The fourth-order valence-electron chi connectivity index (χ4n) is 7.71. The predicted molar refractivity (Wildman–Crippen MR) is 265 cm³/mol. The number of likely N-dealkylation sites (N-methyl/N-ethyl adjacent to an activating group) is 1. The van der Waals surface area contributed by atoms with Crippen LogP contribution in [0.1, 0.15) is 103 Å². The Morgan fingerprint density at radius 2 is 1.66 bits per heavy atom. The third kappa shape index (κ3) is 23.0. The average Bonchev–Trinajstić information content (AvgIpc) is 3.98. The van der Waals surface area contributed by atoms with Gasteiger partial charge in [-0.25, -0.2) is 14.6 Å². The van der Waals surface area contributed by atoms with Crippen LogP contribution in [0.4, 0.5) is 4.79 Å². The standard InChI is InChI=1S/C49H75N7O9S2/c1-33(17-20-56(6)7)15-16-35(3)26-39-29-45-53-42(32-66-45)36(4)27-38(28-47(60)64-37(5)25-34(2)11-10-14-46(59)65-39)52-31-44(58)51-19-22-63-24-23-62-21-18-50-43(57)13-9-8-12-40-30-41-48(67-40)55-49(61)54-41/h10-11,14-17,26,32,36-41,48,52H,8-9,12-13,18-25,27-31H2,1-7H3,(H,50,57)(H,51,58)(H2,54,55,61)/b14-10-,16-15+,33-17+,34-11+,35-26+/t36-,37-,38+,39+,40-,41+,48-/m0/s1. The van der Waals surface area contributed by atoms with E-state index in [1.54, 1.807) is 6.08 Å². The van der Waals surface area contributed by atoms with Crippen molar-refractivity contribution in [3.63, 3.8) is 0 Å². The smallest absolute Gasteiger partial charge is 0.331 e. The summed E-state index contributed by atoms with van der Waals surface area (Å²) < 4.78 is 22.9. The zero-order valence-electron chi connectivity index (χ0n) is 40.6. The van der Waals surface area contributed by atoms with E-state index in [2.05, 4.69) is 50.6 Å². The lowest BCUT2D eigenvalue weighted by Crippen LogP contribution is -2.42. The molecule has 0 aromatic carbocycles. The van der Waals surface area contributed by atoms with Gasteiger partial charge in [-0.05, 0) is 73.5 Å². The first-order valence-corrected chi connectivity index (χ1v) is 25.4. The molecule has 0 unspecified atom stereocenters. The van der Waals surface area contributed by atoms with Gasteiger partial charge in [-0.2, -0.15) is 0 Å². The summed E-state index contributed by atoms with van der Waals surface area (Å²) in [6, 6.07) is -0.225. The minimum Gasteiger partial charge on any atom is -0.462 e. The molecule has 0 aliphatic carbocycles. The number of thioether (sulfide) groups is 1. The van der Waals surface area contributed by atoms with Crippen LogP contribution in [0.15, 0.2) is 64.6 Å². The van der Waals surface area contributed by atoms with E-state index in [-0.39, 0.29) is 60.2 Å². The Balaban J connectivity index is 1.18. The van der Waals surface area contributed by atoms with Crippen molar-refractivity contribution < 1.29 is 42.9 Å². The number of fused-ring (bicyclic) bond motifs is 3. The maximum atomic E-state index is 13.2. The van der Waals surface area contributed by atoms with Crippen LogP contribution in [0.3, 0.4) is 0 Å². The number of allylic oxidation sites excluding steroid dienone is 6. The number of urea groups is 1. The van der Waals surface area contributed by atoms with Gasteiger partial charge in [-0.3, -0.25) is 14.4 Å². The topological polar surface area (TPSA) is 199 Å². The third-order valence-corrected chi connectivity index (χ3v) is 13.7. The van der Waals surface area contributed by atoms with Gasteiger partial charge in [0.2, 0.25) is 11.8 Å². The number of amides is 4. The first-order chi connectivity index (χ1) is 32.1. The van der Waals surface area contributed by atoms with Crippen LogP contribution in [0, 0.1) is 0 Å². The molecule has 2 bridgehead atoms. The van der Waals surface area contributed by atoms with Gasteiger partial charge in [0.15, 0.2) is 0 Å². The van der Waals surface area contributed by atoms with Crippen LogP contribution in [-0.4, -0.2) is 141 Å². The Bertz CT molecular complexity index is 1900. The normalized spacial score (nSPS) is 25.8. The molecule has 0 radical (unpaired) electrons. The van der Waals surface area contributed by atoms with Gasteiger partial charge in [-0.1, -0.05) is 60.4 Å². The summed E-state index contributed by atoms with van der Waals surface area (Å²) in [6.45, 7) is 12.8. The molecule has 18 heteroatoms. The van der Waals surface area contributed by atoms with Gasteiger partial charge < -0.3 is 50.4 Å². The number of carbonyl (C=O) groups is 5. The molecule has 2 saturated heterocycles. The number of hydrogen-bond acceptors (Lipinski definition) is 14. The van der Waals surface area contributed by atoms with Crippen molar-refractivity contribution in [3.05, 3.63) is 75.3 Å². The molecular weight excluding hydrogens is 895 g/mol. The SMILES string of the molecule is CC(/C=C/C(C)=C/[C@@H]1Cc2nc(cs2)[C@@H](C)C[C@@H](NCC(=O)NCCOCCOCCNC(=O)CCCC[C@H]2C[C@H]3NC(=O)N[C@H]3S2)CC(=O)O[C@@H](C)C/C(C)=C/C=C\C(=O)O1)=C\CN(C)C. The van der Waals surface area contributed by atoms with Gasteiger partial charge in [0.25, 0.3) is 0 Å². The van der Waals surface area contributed by atoms with Crippen molar-refractivity contribution in [1.29, 1.82) is 0 Å². The summed E-state index contributed by atoms with van der Waals surface area (Å²) in [5, 5.41) is 18.4. The lowest BCUT2D eigenvalue weighted by molar-refractivity contribution is -0.149. The summed E-state index contributed by atoms with van der Waals surface area (Å²) in [6.07, 6.45) is 17.9. The lowest BCUT2D eigenvalue weighted by Gasteiger charge is -2.22. The van der Waals surface area contributed by atoms with E-state index in [1.165, 1.54) is 17.4 Å². The molecule has 0 spiro atoms. The van der Waals surface area contributed by atoms with Crippen molar-refractivity contribution in [2.75, 3.05) is 66.7 Å². The van der Waals surface area contributed by atoms with Crippen molar-refractivity contribution in [3.8, 4) is 0 Å². The highest BCUT2D eigenvalue weighted by atomic mass is 32.2. The maximum absolute atomic E-state index is 13.2. The van der Waals surface area contributed by atoms with Crippen LogP contribution in [-0.2, 0) is 44.5 Å². The van der Waals surface area contributed by atoms with Gasteiger partial charge in [0.1, 0.15) is 12.2 Å². The Kier molecular flexibility index (Phi) is 24.9. The zero-order chi connectivity index (χ0) is 48.6. The number of aromatic nitrogens is 1. The van der Waals surface area contributed by atoms with Crippen LogP contribution >= 0.6 is 23.1 Å². The van der Waals surface area contributed by atoms with Crippen molar-refractivity contribution >= 4 is 52.9 Å². The summed E-state index contributed by atoms with van der Waals surface area (Å²) in [5.74, 6) is -1.10. The van der Waals surface area contributed by atoms with Crippen LogP contribution in [0.5, 0.6) is 0 Å². The number of carbonyl (C=O) groups excluding carboxylic acids is 5. The van der Waals surface area contributed by atoms with Crippen molar-refractivity contribution in [1.82, 2.24) is 36.5 Å². The molecule has 1 aromatic heterocycles. The molecule has 4 amide bonds. The Morgan fingerprint density at radius 1 is 0.925 bits per heavy atom. The van der Waals surface area contributed by atoms with Crippen molar-refractivity contribution in [2.24, 2.45) is 0 Å². The second kappa shape index (κ2) is 30.2. The molecule has 3 aliphatic rings. The highest BCUT2D eigenvalue weighted by Crippen LogP contribution is 2.37. The molecule has 7 atom stereocenters.